The van der Waals surface area contributed by atoms with Crippen molar-refractivity contribution < 1.29 is 42.9 Å². The molecular formula is C20H26O9. The molecule has 0 aromatic heterocycles. The van der Waals surface area contributed by atoms with Crippen LogP contribution in [-0.2, 0) is 42.9 Å². The minimum Gasteiger partial charge on any atom is -0.465 e. The second-order valence-corrected chi connectivity index (χ2v) is 5.60. The Balaban J connectivity index is 3.98. The smallest absolute Gasteiger partial charge is 0.342 e. The zero-order valence-corrected chi connectivity index (χ0v) is 17.5. The van der Waals surface area contributed by atoms with Crippen LogP contribution in [0.4, 0.5) is 0 Å². The first kappa shape index (κ1) is 23.9. The lowest BCUT2D eigenvalue weighted by atomic mass is 9.93. The van der Waals surface area contributed by atoms with E-state index < -0.39 is 35.0 Å². The third-order valence-electron chi connectivity index (χ3n) is 3.68. The molecule has 0 N–H and O–H groups in total. The van der Waals surface area contributed by atoms with Gasteiger partial charge < -0.3 is 23.7 Å². The van der Waals surface area contributed by atoms with Crippen LogP contribution in [0.3, 0.4) is 0 Å². The molecule has 9 heteroatoms. The van der Waals surface area contributed by atoms with Crippen molar-refractivity contribution in [3.05, 3.63) is 33.8 Å². The standard InChI is InChI=1S/C20H26O9/c1-7-25-17(21)13-11(5)29-12(6)14(18(22)26-8-2)16(20(24)28-10-4)15(13)19(23)27-9-3/h7-10H2,1-6H3. The Labute approximate surface area is 169 Å². The molecule has 1 aliphatic rings. The maximum Gasteiger partial charge on any atom is 0.342 e. The normalized spacial score (nSPS) is 14.1. The SMILES string of the molecule is CCOC(=O)C1=C(C)OC(C)=C(C(=O)OCC)C(C(=O)OCC)=C1C(=O)OCC. The molecule has 0 saturated carbocycles. The molecule has 0 amide bonds. The Morgan fingerprint density at radius 1 is 0.552 bits per heavy atom. The van der Waals surface area contributed by atoms with Gasteiger partial charge in [-0.2, -0.15) is 0 Å². The Morgan fingerprint density at radius 2 is 0.793 bits per heavy atom. The second kappa shape index (κ2) is 11.0. The van der Waals surface area contributed by atoms with Gasteiger partial charge in [0.15, 0.2) is 0 Å². The summed E-state index contributed by atoms with van der Waals surface area (Å²) in [4.78, 5) is 50.9. The fourth-order valence-electron chi connectivity index (χ4n) is 2.65. The Kier molecular flexibility index (Phi) is 9.11. The van der Waals surface area contributed by atoms with E-state index in [-0.39, 0.29) is 49.1 Å². The summed E-state index contributed by atoms with van der Waals surface area (Å²) in [5.41, 5.74) is -1.60. The maximum absolute atomic E-state index is 12.8. The molecular weight excluding hydrogens is 384 g/mol. The highest BCUT2D eigenvalue weighted by Crippen LogP contribution is 2.34. The summed E-state index contributed by atoms with van der Waals surface area (Å²) in [6.07, 6.45) is 0. The number of hydrogen-bond donors (Lipinski definition) is 0. The van der Waals surface area contributed by atoms with Crippen LogP contribution in [-0.4, -0.2) is 50.3 Å². The van der Waals surface area contributed by atoms with E-state index in [1.165, 1.54) is 13.8 Å². The van der Waals surface area contributed by atoms with Gasteiger partial charge in [-0.05, 0) is 41.5 Å². The van der Waals surface area contributed by atoms with Crippen molar-refractivity contribution in [3.8, 4) is 0 Å². The summed E-state index contributed by atoms with van der Waals surface area (Å²) in [6, 6.07) is 0. The van der Waals surface area contributed by atoms with E-state index in [0.29, 0.717) is 0 Å². The van der Waals surface area contributed by atoms with Crippen LogP contribution in [0.25, 0.3) is 0 Å². The fourth-order valence-corrected chi connectivity index (χ4v) is 2.65. The molecule has 29 heavy (non-hydrogen) atoms. The van der Waals surface area contributed by atoms with Crippen molar-refractivity contribution in [3.63, 3.8) is 0 Å². The Bertz CT molecular complexity index is 720. The van der Waals surface area contributed by atoms with Crippen LogP contribution >= 0.6 is 0 Å². The van der Waals surface area contributed by atoms with Crippen LogP contribution in [0, 0.1) is 0 Å². The number of carbonyl (C=O) groups is 4. The van der Waals surface area contributed by atoms with Crippen molar-refractivity contribution in [1.82, 2.24) is 0 Å². The molecule has 0 aromatic carbocycles. The Hall–Kier alpha value is -3.10. The van der Waals surface area contributed by atoms with Gasteiger partial charge in [0.25, 0.3) is 0 Å². The van der Waals surface area contributed by atoms with Crippen molar-refractivity contribution in [2.45, 2.75) is 41.5 Å². The fraction of sp³-hybridized carbons (Fsp3) is 0.500. The minimum atomic E-state index is -1.00. The van der Waals surface area contributed by atoms with Crippen LogP contribution in [0.5, 0.6) is 0 Å². The van der Waals surface area contributed by atoms with Crippen LogP contribution in [0.2, 0.25) is 0 Å². The van der Waals surface area contributed by atoms with Crippen molar-refractivity contribution in [2.24, 2.45) is 0 Å². The summed E-state index contributed by atoms with van der Waals surface area (Å²) < 4.78 is 25.7. The van der Waals surface area contributed by atoms with Gasteiger partial charge in [-0.25, -0.2) is 19.2 Å². The van der Waals surface area contributed by atoms with Crippen molar-refractivity contribution in [2.75, 3.05) is 26.4 Å². The molecule has 0 aliphatic carbocycles. The summed E-state index contributed by atoms with van der Waals surface area (Å²) in [5.74, 6) is -3.90. The van der Waals surface area contributed by atoms with E-state index in [9.17, 15) is 19.2 Å². The number of esters is 4. The van der Waals surface area contributed by atoms with Gasteiger partial charge in [-0.3, -0.25) is 0 Å². The number of ether oxygens (including phenoxy) is 5. The van der Waals surface area contributed by atoms with Crippen LogP contribution in [0.15, 0.2) is 33.8 Å². The predicted molar refractivity (Wildman–Crippen MR) is 100 cm³/mol. The lowest BCUT2D eigenvalue weighted by Crippen LogP contribution is -2.25. The van der Waals surface area contributed by atoms with Crippen molar-refractivity contribution in [1.29, 1.82) is 0 Å². The molecule has 0 fully saturated rings. The van der Waals surface area contributed by atoms with Gasteiger partial charge in [0.2, 0.25) is 0 Å². The van der Waals surface area contributed by atoms with Gasteiger partial charge >= 0.3 is 23.9 Å². The van der Waals surface area contributed by atoms with Gasteiger partial charge in [0.05, 0.1) is 37.6 Å². The first-order valence-electron chi connectivity index (χ1n) is 9.27. The molecule has 0 aromatic rings. The summed E-state index contributed by atoms with van der Waals surface area (Å²) in [7, 11) is 0. The lowest BCUT2D eigenvalue weighted by molar-refractivity contribution is -0.144. The zero-order chi connectivity index (χ0) is 22.1. The lowest BCUT2D eigenvalue weighted by Gasteiger charge is -2.15. The monoisotopic (exact) mass is 410 g/mol. The van der Waals surface area contributed by atoms with Gasteiger partial charge in [0.1, 0.15) is 22.7 Å². The van der Waals surface area contributed by atoms with Gasteiger partial charge in [-0.15, -0.1) is 0 Å². The number of rotatable bonds is 8. The second-order valence-electron chi connectivity index (χ2n) is 5.60. The molecule has 1 aliphatic heterocycles. The predicted octanol–water partition coefficient (Wildman–Crippen LogP) is 2.11. The molecule has 0 atom stereocenters. The third kappa shape index (κ3) is 5.46. The number of allylic oxidation sites excluding steroid dienone is 2. The summed E-state index contributed by atoms with van der Waals surface area (Å²) >= 11 is 0. The van der Waals surface area contributed by atoms with E-state index in [1.54, 1.807) is 27.7 Å². The highest BCUT2D eigenvalue weighted by Gasteiger charge is 2.40. The van der Waals surface area contributed by atoms with E-state index >= 15 is 0 Å². The zero-order valence-electron chi connectivity index (χ0n) is 17.5. The molecule has 0 saturated heterocycles. The average Bonchev–Trinajstić information content (AvgIpc) is 2.75. The first-order valence-corrected chi connectivity index (χ1v) is 9.27. The van der Waals surface area contributed by atoms with E-state index in [2.05, 4.69) is 0 Å². The average molecular weight is 410 g/mol. The quantitative estimate of drug-likeness (QED) is 0.438. The van der Waals surface area contributed by atoms with Gasteiger partial charge in [-0.1, -0.05) is 0 Å². The van der Waals surface area contributed by atoms with Gasteiger partial charge in [0, 0.05) is 0 Å². The number of carbonyl (C=O) groups excluding carboxylic acids is 4. The molecule has 1 heterocycles. The highest BCUT2D eigenvalue weighted by molar-refractivity contribution is 6.18. The number of hydrogen-bond acceptors (Lipinski definition) is 9. The topological polar surface area (TPSA) is 114 Å². The largest absolute Gasteiger partial charge is 0.465 e. The maximum atomic E-state index is 12.8. The molecule has 9 nitrogen and oxygen atoms in total. The van der Waals surface area contributed by atoms with Crippen LogP contribution < -0.4 is 0 Å². The first-order chi connectivity index (χ1) is 13.7. The van der Waals surface area contributed by atoms with E-state index in [1.807, 2.05) is 0 Å². The highest BCUT2D eigenvalue weighted by atomic mass is 16.6. The van der Waals surface area contributed by atoms with E-state index in [0.717, 1.165) is 0 Å². The molecule has 0 bridgehead atoms. The third-order valence-corrected chi connectivity index (χ3v) is 3.68. The minimum absolute atomic E-state index is 0.0115. The van der Waals surface area contributed by atoms with Crippen LogP contribution in [0.1, 0.15) is 41.5 Å². The van der Waals surface area contributed by atoms with E-state index in [4.69, 9.17) is 23.7 Å². The molecule has 1 rings (SSSR count). The molecule has 0 spiro atoms. The summed E-state index contributed by atoms with van der Waals surface area (Å²) in [5, 5.41) is 0. The summed E-state index contributed by atoms with van der Waals surface area (Å²) in [6.45, 7) is 9.05. The van der Waals surface area contributed by atoms with Crippen molar-refractivity contribution >= 4 is 23.9 Å². The molecule has 160 valence electrons. The Morgan fingerprint density at radius 3 is 1.03 bits per heavy atom. The molecule has 0 radical (unpaired) electrons. The molecule has 0 unspecified atom stereocenters.